The van der Waals surface area contributed by atoms with E-state index in [4.69, 9.17) is 4.84 Å². The molecule has 102 valence electrons. The van der Waals surface area contributed by atoms with Crippen LogP contribution in [0.1, 0.15) is 90.4 Å². The zero-order chi connectivity index (χ0) is 12.2. The lowest BCUT2D eigenvalue weighted by atomic mass is 10.0. The minimum atomic E-state index is 0.401. The first kappa shape index (κ1) is 15.0. The summed E-state index contributed by atoms with van der Waals surface area (Å²) in [5.74, 6) is 0. The first-order chi connectivity index (χ1) is 8.43. The largest absolute Gasteiger partial charge is 0.278 e. The van der Waals surface area contributed by atoms with Crippen LogP contribution < -0.4 is 5.48 Å². The second kappa shape index (κ2) is 11.0. The van der Waals surface area contributed by atoms with Gasteiger partial charge in [-0.2, -0.15) is 5.48 Å². The molecule has 17 heavy (non-hydrogen) atoms. The van der Waals surface area contributed by atoms with E-state index in [1.807, 2.05) is 0 Å². The Bertz CT molecular complexity index is 157. The molecule has 0 aromatic rings. The molecule has 0 unspecified atom stereocenters. The molecule has 0 aromatic heterocycles. The van der Waals surface area contributed by atoms with Gasteiger partial charge in [0.05, 0.1) is 0 Å². The SMILES string of the molecule is CCCCCCCCCCCCCC[C@@H]1NO1. The van der Waals surface area contributed by atoms with Gasteiger partial charge in [-0.15, -0.1) is 0 Å². The highest BCUT2D eigenvalue weighted by atomic mass is 16.8. The van der Waals surface area contributed by atoms with E-state index in [9.17, 15) is 0 Å². The Morgan fingerprint density at radius 3 is 1.53 bits per heavy atom. The number of rotatable bonds is 13. The lowest BCUT2D eigenvalue weighted by Gasteiger charge is -2.02. The third-order valence-corrected chi connectivity index (χ3v) is 3.60. The lowest BCUT2D eigenvalue weighted by molar-refractivity contribution is 0.357. The number of hydrogen-bond donors (Lipinski definition) is 1. The zero-order valence-corrected chi connectivity index (χ0v) is 11.7. The second-order valence-electron chi connectivity index (χ2n) is 5.40. The van der Waals surface area contributed by atoms with Crippen LogP contribution in [-0.2, 0) is 4.84 Å². The molecule has 0 spiro atoms. The number of hydrogen-bond acceptors (Lipinski definition) is 2. The molecule has 2 heteroatoms. The van der Waals surface area contributed by atoms with Crippen LogP contribution >= 0.6 is 0 Å². The first-order valence-electron chi connectivity index (χ1n) is 7.84. The summed E-state index contributed by atoms with van der Waals surface area (Å²) in [6.45, 7) is 2.28. The summed E-state index contributed by atoms with van der Waals surface area (Å²) >= 11 is 0. The molecule has 1 aliphatic rings. The molecule has 1 N–H and O–H groups in total. The van der Waals surface area contributed by atoms with Crippen LogP contribution in [0.15, 0.2) is 0 Å². The van der Waals surface area contributed by atoms with Crippen LogP contribution in [-0.4, -0.2) is 6.23 Å². The van der Waals surface area contributed by atoms with Crippen molar-refractivity contribution in [1.82, 2.24) is 5.48 Å². The normalized spacial score (nSPS) is 18.5. The summed E-state index contributed by atoms with van der Waals surface area (Å²) in [6, 6.07) is 0. The fourth-order valence-electron chi connectivity index (χ4n) is 2.34. The zero-order valence-electron chi connectivity index (χ0n) is 11.7. The highest BCUT2D eigenvalue weighted by Crippen LogP contribution is 2.14. The average Bonchev–Trinajstić information content (AvgIpc) is 3.15. The smallest absolute Gasteiger partial charge is 0.151 e. The van der Waals surface area contributed by atoms with Gasteiger partial charge in [-0.05, 0) is 12.8 Å². The predicted octanol–water partition coefficient (Wildman–Crippen LogP) is 4.94. The molecule has 1 aliphatic heterocycles. The Morgan fingerprint density at radius 2 is 1.12 bits per heavy atom. The van der Waals surface area contributed by atoms with Gasteiger partial charge in [0, 0.05) is 0 Å². The van der Waals surface area contributed by atoms with Gasteiger partial charge >= 0.3 is 0 Å². The van der Waals surface area contributed by atoms with E-state index < -0.39 is 0 Å². The van der Waals surface area contributed by atoms with Crippen molar-refractivity contribution in [3.8, 4) is 0 Å². The Kier molecular flexibility index (Phi) is 9.72. The van der Waals surface area contributed by atoms with Crippen LogP contribution in [0.25, 0.3) is 0 Å². The summed E-state index contributed by atoms with van der Waals surface area (Å²) in [4.78, 5) is 4.96. The third-order valence-electron chi connectivity index (χ3n) is 3.60. The van der Waals surface area contributed by atoms with Gasteiger partial charge in [-0.1, -0.05) is 77.6 Å². The van der Waals surface area contributed by atoms with Crippen molar-refractivity contribution < 1.29 is 4.84 Å². The maximum Gasteiger partial charge on any atom is 0.151 e. The molecule has 0 amide bonds. The average molecular weight is 241 g/mol. The van der Waals surface area contributed by atoms with Gasteiger partial charge in [0.1, 0.15) is 0 Å². The molecule has 0 aliphatic carbocycles. The number of hydroxylamine groups is 1. The fraction of sp³-hybridized carbons (Fsp3) is 1.00. The lowest BCUT2D eigenvalue weighted by Crippen LogP contribution is -1.89. The van der Waals surface area contributed by atoms with E-state index in [2.05, 4.69) is 12.4 Å². The highest BCUT2D eigenvalue weighted by Gasteiger charge is 2.20. The number of unbranched alkanes of at least 4 members (excludes halogenated alkanes) is 11. The van der Waals surface area contributed by atoms with Gasteiger partial charge in [0.2, 0.25) is 0 Å². The van der Waals surface area contributed by atoms with E-state index in [1.54, 1.807) is 0 Å². The maximum absolute atomic E-state index is 4.96. The van der Waals surface area contributed by atoms with Gasteiger partial charge < -0.3 is 0 Å². The van der Waals surface area contributed by atoms with Crippen molar-refractivity contribution in [1.29, 1.82) is 0 Å². The third kappa shape index (κ3) is 10.8. The molecule has 1 atom stereocenters. The van der Waals surface area contributed by atoms with Gasteiger partial charge in [0.25, 0.3) is 0 Å². The van der Waals surface area contributed by atoms with Crippen LogP contribution in [0.4, 0.5) is 0 Å². The van der Waals surface area contributed by atoms with Crippen LogP contribution in [0.2, 0.25) is 0 Å². The Hall–Kier alpha value is -0.0800. The van der Waals surface area contributed by atoms with Crippen LogP contribution in [0.3, 0.4) is 0 Å². The van der Waals surface area contributed by atoms with Crippen molar-refractivity contribution in [2.75, 3.05) is 0 Å². The van der Waals surface area contributed by atoms with Crippen molar-refractivity contribution in [3.05, 3.63) is 0 Å². The summed E-state index contributed by atoms with van der Waals surface area (Å²) in [5.41, 5.74) is 2.87. The molecule has 0 aromatic carbocycles. The van der Waals surface area contributed by atoms with Crippen molar-refractivity contribution in [2.45, 2.75) is 96.6 Å². The summed E-state index contributed by atoms with van der Waals surface area (Å²) < 4.78 is 0. The summed E-state index contributed by atoms with van der Waals surface area (Å²) in [6.07, 6.45) is 18.7. The molecule has 1 fully saturated rings. The molecule has 0 saturated carbocycles. The predicted molar refractivity (Wildman–Crippen MR) is 73.7 cm³/mol. The molecule has 0 radical (unpaired) electrons. The van der Waals surface area contributed by atoms with Crippen LogP contribution in [0.5, 0.6) is 0 Å². The summed E-state index contributed by atoms with van der Waals surface area (Å²) in [7, 11) is 0. The monoisotopic (exact) mass is 241 g/mol. The van der Waals surface area contributed by atoms with E-state index >= 15 is 0 Å². The minimum Gasteiger partial charge on any atom is -0.278 e. The summed E-state index contributed by atoms with van der Waals surface area (Å²) in [5, 5.41) is 0. The molecule has 2 nitrogen and oxygen atoms in total. The maximum atomic E-state index is 4.96. The van der Waals surface area contributed by atoms with Crippen molar-refractivity contribution in [3.63, 3.8) is 0 Å². The van der Waals surface area contributed by atoms with E-state index in [-0.39, 0.29) is 0 Å². The van der Waals surface area contributed by atoms with Gasteiger partial charge in [-0.25, -0.2) is 0 Å². The molecular weight excluding hydrogens is 210 g/mol. The minimum absolute atomic E-state index is 0.401. The topological polar surface area (TPSA) is 34.5 Å². The molecule has 1 heterocycles. The molecule has 0 bridgehead atoms. The van der Waals surface area contributed by atoms with E-state index in [1.165, 1.54) is 83.5 Å². The Morgan fingerprint density at radius 1 is 0.706 bits per heavy atom. The molecular formula is C15H31NO. The molecule has 1 saturated heterocycles. The molecule has 1 rings (SSSR count). The van der Waals surface area contributed by atoms with Crippen molar-refractivity contribution >= 4 is 0 Å². The van der Waals surface area contributed by atoms with E-state index in [0.29, 0.717) is 6.23 Å². The van der Waals surface area contributed by atoms with Crippen molar-refractivity contribution in [2.24, 2.45) is 0 Å². The fourth-order valence-corrected chi connectivity index (χ4v) is 2.34. The highest BCUT2D eigenvalue weighted by molar-refractivity contribution is 4.58. The second-order valence-corrected chi connectivity index (χ2v) is 5.40. The van der Waals surface area contributed by atoms with E-state index in [0.717, 1.165) is 0 Å². The number of nitrogens with one attached hydrogen (secondary N) is 1. The quantitative estimate of drug-likeness (QED) is 0.366. The Balaban J connectivity index is 1.61. The Labute approximate surface area is 107 Å². The van der Waals surface area contributed by atoms with Gasteiger partial charge in [0.15, 0.2) is 6.23 Å². The first-order valence-corrected chi connectivity index (χ1v) is 7.84. The van der Waals surface area contributed by atoms with Gasteiger partial charge in [-0.3, -0.25) is 4.84 Å². The standard InChI is InChI=1S/C15H31NO/c1-2-3-4-5-6-7-8-9-10-11-12-13-14-15-16-17-15/h15-16H,2-14H2,1H3/t15-/m1/s1. The van der Waals surface area contributed by atoms with Crippen LogP contribution in [0, 0.1) is 0 Å².